The van der Waals surface area contributed by atoms with Crippen LogP contribution in [0.2, 0.25) is 0 Å². The molecule has 0 radical (unpaired) electrons. The van der Waals surface area contributed by atoms with Gasteiger partial charge in [-0.05, 0) is 36.3 Å². The Morgan fingerprint density at radius 2 is 1.64 bits per heavy atom. The zero-order valence-corrected chi connectivity index (χ0v) is 25.3. The number of likely N-dealkylation sites (tertiary alicyclic amines) is 1. The summed E-state index contributed by atoms with van der Waals surface area (Å²) in [6.07, 6.45) is 8.54. The van der Waals surface area contributed by atoms with Crippen molar-refractivity contribution in [3.05, 3.63) is 54.6 Å². The topological polar surface area (TPSA) is 183 Å². The molecular formula is C31H41N7O6. The first-order chi connectivity index (χ1) is 20.9. The summed E-state index contributed by atoms with van der Waals surface area (Å²) in [5, 5.41) is 21.1. The number of carbonyl (C=O) groups excluding carboxylic acids is 4. The van der Waals surface area contributed by atoms with Crippen molar-refractivity contribution < 1.29 is 29.1 Å². The molecule has 2 aliphatic rings. The normalized spacial score (nSPS) is 20.2. The van der Waals surface area contributed by atoms with Crippen LogP contribution < -0.4 is 21.3 Å². The number of aromatic nitrogens is 2. The van der Waals surface area contributed by atoms with Gasteiger partial charge >= 0.3 is 12.0 Å². The molecule has 1 aliphatic carbocycles. The summed E-state index contributed by atoms with van der Waals surface area (Å²) in [6, 6.07) is 5.46. The summed E-state index contributed by atoms with van der Waals surface area (Å²) < 4.78 is 0. The highest BCUT2D eigenvalue weighted by Gasteiger charge is 2.44. The van der Waals surface area contributed by atoms with Gasteiger partial charge in [0.2, 0.25) is 11.8 Å². The van der Waals surface area contributed by atoms with Crippen LogP contribution in [0.15, 0.2) is 48.9 Å². The number of nitrogens with one attached hydrogen (secondary N) is 4. The highest BCUT2D eigenvalue weighted by atomic mass is 16.4. The summed E-state index contributed by atoms with van der Waals surface area (Å²) >= 11 is 0. The van der Waals surface area contributed by atoms with E-state index in [9.17, 15) is 29.1 Å². The molecule has 5 amide bonds. The quantitative estimate of drug-likeness (QED) is 0.288. The van der Waals surface area contributed by atoms with E-state index in [4.69, 9.17) is 0 Å². The predicted octanol–water partition coefficient (Wildman–Crippen LogP) is 2.42. The standard InChI is InChI=1S/C31H41N7O6/c1-31(2,3)25(37-27(40)24(19-10-6-4-7-11-19)36-26(39)22-16-32-14-15-33-22)28(41)35-23-18-38(17-21(23)29(42)43)30(44)34-20-12-8-5-9-13-20/h5,8-9,12-16,19,21,23-25H,4,6-7,10-11,17-18H2,1-3H3,(H,34,44)(H,35,41)(H,36,39)(H,37,40)(H,42,43)/t21-,23?,24+,25?/m1/s1. The molecule has 5 N–H and O–H groups in total. The SMILES string of the molecule is CC(C)(C)C(NC(=O)[C@@H](NC(=O)c1cnccn1)C1CCCCC1)C(=O)NC1CN(C(=O)Nc2ccccc2)C[C@H]1C(=O)O. The summed E-state index contributed by atoms with van der Waals surface area (Å²) in [5.74, 6) is -3.94. The molecule has 13 heteroatoms. The molecule has 44 heavy (non-hydrogen) atoms. The van der Waals surface area contributed by atoms with Crippen molar-refractivity contribution >= 4 is 35.4 Å². The molecule has 2 aromatic rings. The van der Waals surface area contributed by atoms with Gasteiger partial charge in [0.25, 0.3) is 5.91 Å². The number of rotatable bonds is 9. The number of urea groups is 1. The molecule has 4 rings (SSSR count). The third kappa shape index (κ3) is 8.29. The summed E-state index contributed by atoms with van der Waals surface area (Å²) in [4.78, 5) is 74.8. The van der Waals surface area contributed by atoms with E-state index in [1.54, 1.807) is 45.0 Å². The van der Waals surface area contributed by atoms with Gasteiger partial charge in [-0.2, -0.15) is 0 Å². The third-order valence-electron chi connectivity index (χ3n) is 8.18. The van der Waals surface area contributed by atoms with E-state index in [2.05, 4.69) is 31.2 Å². The fourth-order valence-electron chi connectivity index (χ4n) is 5.76. The molecule has 13 nitrogen and oxygen atoms in total. The second-order valence-corrected chi connectivity index (χ2v) is 12.5. The van der Waals surface area contributed by atoms with Gasteiger partial charge in [0.15, 0.2) is 0 Å². The Morgan fingerprint density at radius 1 is 0.932 bits per heavy atom. The van der Waals surface area contributed by atoms with E-state index < -0.39 is 59.2 Å². The minimum atomic E-state index is -1.15. The van der Waals surface area contributed by atoms with Crippen LogP contribution in [-0.2, 0) is 14.4 Å². The number of hydrogen-bond donors (Lipinski definition) is 5. The Hall–Kier alpha value is -4.55. The van der Waals surface area contributed by atoms with E-state index in [1.807, 2.05) is 6.07 Å². The van der Waals surface area contributed by atoms with Gasteiger partial charge in [0.05, 0.1) is 18.2 Å². The maximum Gasteiger partial charge on any atom is 0.321 e. The smallest absolute Gasteiger partial charge is 0.321 e. The average molecular weight is 608 g/mol. The molecule has 1 aliphatic heterocycles. The number of carboxylic acid groups (broad SMARTS) is 1. The number of benzene rings is 1. The van der Waals surface area contributed by atoms with Crippen molar-refractivity contribution in [1.29, 1.82) is 0 Å². The number of amides is 5. The van der Waals surface area contributed by atoms with Crippen LogP contribution >= 0.6 is 0 Å². The highest BCUT2D eigenvalue weighted by Crippen LogP contribution is 2.28. The van der Waals surface area contributed by atoms with Gasteiger partial charge in [-0.3, -0.25) is 24.2 Å². The van der Waals surface area contributed by atoms with Crippen LogP contribution in [0.3, 0.4) is 0 Å². The minimum absolute atomic E-state index is 0.0228. The lowest BCUT2D eigenvalue weighted by Gasteiger charge is -2.35. The maximum atomic E-state index is 13.8. The van der Waals surface area contributed by atoms with Crippen LogP contribution in [0, 0.1) is 17.3 Å². The number of aliphatic carboxylic acids is 1. The van der Waals surface area contributed by atoms with Gasteiger partial charge in [-0.15, -0.1) is 0 Å². The van der Waals surface area contributed by atoms with Crippen molar-refractivity contribution in [2.24, 2.45) is 17.3 Å². The molecule has 1 saturated carbocycles. The van der Waals surface area contributed by atoms with E-state index in [0.717, 1.165) is 32.1 Å². The average Bonchev–Trinajstić information content (AvgIpc) is 3.43. The number of carbonyl (C=O) groups is 5. The monoisotopic (exact) mass is 607 g/mol. The molecule has 2 unspecified atom stereocenters. The molecule has 2 heterocycles. The fraction of sp³-hybridized carbons (Fsp3) is 0.516. The third-order valence-corrected chi connectivity index (χ3v) is 8.18. The maximum absolute atomic E-state index is 13.8. The lowest BCUT2D eigenvalue weighted by atomic mass is 9.82. The van der Waals surface area contributed by atoms with Crippen molar-refractivity contribution in [3.8, 4) is 0 Å². The lowest BCUT2D eigenvalue weighted by Crippen LogP contribution is -2.61. The Labute approximate surface area is 256 Å². The number of para-hydroxylation sites is 1. The molecule has 236 valence electrons. The van der Waals surface area contributed by atoms with Crippen molar-refractivity contribution in [2.45, 2.75) is 71.0 Å². The number of hydrogen-bond acceptors (Lipinski definition) is 7. The van der Waals surface area contributed by atoms with E-state index in [0.29, 0.717) is 5.69 Å². The van der Waals surface area contributed by atoms with Crippen LogP contribution in [0.5, 0.6) is 0 Å². The van der Waals surface area contributed by atoms with E-state index in [1.165, 1.54) is 23.5 Å². The molecule has 1 aromatic heterocycles. The first-order valence-electron chi connectivity index (χ1n) is 15.0. The number of carboxylic acids is 1. The number of nitrogens with zero attached hydrogens (tertiary/aromatic N) is 3. The molecule has 2 fully saturated rings. The van der Waals surface area contributed by atoms with E-state index >= 15 is 0 Å². The Bertz CT molecular complexity index is 1330. The van der Waals surface area contributed by atoms with Gasteiger partial charge in [-0.1, -0.05) is 58.2 Å². The van der Waals surface area contributed by atoms with Gasteiger partial charge in [0.1, 0.15) is 17.8 Å². The minimum Gasteiger partial charge on any atom is -0.481 e. The second-order valence-electron chi connectivity index (χ2n) is 12.5. The van der Waals surface area contributed by atoms with Gasteiger partial charge in [-0.25, -0.2) is 9.78 Å². The summed E-state index contributed by atoms with van der Waals surface area (Å²) in [7, 11) is 0. The van der Waals surface area contributed by atoms with Crippen molar-refractivity contribution in [2.75, 3.05) is 18.4 Å². The molecule has 0 spiro atoms. The zero-order chi connectivity index (χ0) is 31.9. The van der Waals surface area contributed by atoms with Crippen molar-refractivity contribution in [3.63, 3.8) is 0 Å². The van der Waals surface area contributed by atoms with Crippen LogP contribution in [0.4, 0.5) is 10.5 Å². The van der Waals surface area contributed by atoms with Gasteiger partial charge < -0.3 is 31.3 Å². The first-order valence-corrected chi connectivity index (χ1v) is 15.0. The van der Waals surface area contributed by atoms with Crippen LogP contribution in [0.25, 0.3) is 0 Å². The number of anilines is 1. The molecule has 4 atom stereocenters. The largest absolute Gasteiger partial charge is 0.481 e. The summed E-state index contributed by atoms with van der Waals surface area (Å²) in [6.45, 7) is 5.24. The van der Waals surface area contributed by atoms with E-state index in [-0.39, 0.29) is 24.7 Å². The Kier molecular flexibility index (Phi) is 10.5. The summed E-state index contributed by atoms with van der Waals surface area (Å²) in [5.41, 5.74) is -0.132. The zero-order valence-electron chi connectivity index (χ0n) is 25.3. The molecular weight excluding hydrogens is 566 g/mol. The second kappa shape index (κ2) is 14.3. The molecule has 1 saturated heterocycles. The van der Waals surface area contributed by atoms with Gasteiger partial charge in [0, 0.05) is 31.2 Å². The van der Waals surface area contributed by atoms with Crippen LogP contribution in [-0.4, -0.2) is 80.9 Å². The predicted molar refractivity (Wildman–Crippen MR) is 161 cm³/mol. The lowest BCUT2D eigenvalue weighted by molar-refractivity contribution is -0.142. The highest BCUT2D eigenvalue weighted by molar-refractivity contribution is 5.97. The fourth-order valence-corrected chi connectivity index (χ4v) is 5.76. The van der Waals surface area contributed by atoms with Crippen LogP contribution in [0.1, 0.15) is 63.4 Å². The Morgan fingerprint density at radius 3 is 2.25 bits per heavy atom. The molecule has 1 aromatic carbocycles. The van der Waals surface area contributed by atoms with Crippen molar-refractivity contribution in [1.82, 2.24) is 30.8 Å². The molecule has 0 bridgehead atoms. The Balaban J connectivity index is 1.48. The first kappa shape index (κ1) is 32.4.